The van der Waals surface area contributed by atoms with Gasteiger partial charge in [0.2, 0.25) is 0 Å². The Hall–Kier alpha value is -1.15. The Kier molecular flexibility index (Phi) is 4.88. The minimum atomic E-state index is -4.28. The van der Waals surface area contributed by atoms with E-state index in [0.717, 1.165) is 0 Å². The highest BCUT2D eigenvalue weighted by molar-refractivity contribution is 8.00. The summed E-state index contributed by atoms with van der Waals surface area (Å²) >= 11 is -0.185. The summed E-state index contributed by atoms with van der Waals surface area (Å²) in [5.74, 6) is -0.297. The van der Waals surface area contributed by atoms with Crippen molar-refractivity contribution in [1.82, 2.24) is 5.32 Å². The summed E-state index contributed by atoms with van der Waals surface area (Å²) in [5, 5.41) is 2.31. The normalized spacial score (nSPS) is 11.5. The zero-order chi connectivity index (χ0) is 12.9. The van der Waals surface area contributed by atoms with Crippen LogP contribution in [0.25, 0.3) is 0 Å². The first-order valence-electron chi connectivity index (χ1n) is 4.70. The van der Waals surface area contributed by atoms with E-state index in [1.165, 1.54) is 6.07 Å². The highest BCUT2D eigenvalue weighted by Gasteiger charge is 2.27. The fourth-order valence-electron chi connectivity index (χ4n) is 1.03. The number of hydrogen-bond donors (Lipinski definition) is 2. The molecule has 0 radical (unpaired) electrons. The molecule has 8 heteroatoms. The number of amides is 1. The molecule has 1 amide bonds. The molecule has 0 aliphatic heterocycles. The Morgan fingerprint density at radius 2 is 2.18 bits per heavy atom. The molecule has 0 saturated carbocycles. The van der Waals surface area contributed by atoms with E-state index in [1.807, 2.05) is 0 Å². The van der Waals surface area contributed by atoms with Crippen LogP contribution in [-0.4, -0.2) is 23.7 Å². The van der Waals surface area contributed by atoms with Crippen molar-refractivity contribution in [3.8, 4) is 0 Å². The van der Waals surface area contributed by atoms with Crippen molar-refractivity contribution in [2.45, 2.75) is 12.1 Å². The molecule has 1 rings (SSSR count). The van der Waals surface area contributed by atoms with E-state index in [-0.39, 0.29) is 36.4 Å². The van der Waals surface area contributed by atoms with E-state index in [9.17, 15) is 18.0 Å². The highest BCUT2D eigenvalue weighted by Crippen LogP contribution is 2.29. The fraction of sp³-hybridized carbons (Fsp3) is 0.444. The van der Waals surface area contributed by atoms with Crippen LogP contribution >= 0.6 is 11.8 Å². The van der Waals surface area contributed by atoms with E-state index in [1.54, 1.807) is 6.07 Å². The average Bonchev–Trinajstić information content (AvgIpc) is 2.71. The number of nitrogens with two attached hydrogens (primary N) is 1. The molecule has 0 aliphatic carbocycles. The van der Waals surface area contributed by atoms with Crippen molar-refractivity contribution in [2.75, 3.05) is 12.3 Å². The SMILES string of the molecule is NCc1ccc(C(=O)NCCSC(F)(F)F)o1. The zero-order valence-electron chi connectivity index (χ0n) is 8.71. The van der Waals surface area contributed by atoms with Gasteiger partial charge in [-0.05, 0) is 23.9 Å². The summed E-state index contributed by atoms with van der Waals surface area (Å²) < 4.78 is 40.3. The molecule has 0 bridgehead atoms. The summed E-state index contributed by atoms with van der Waals surface area (Å²) in [6, 6.07) is 2.97. The van der Waals surface area contributed by atoms with Crippen LogP contribution in [0.5, 0.6) is 0 Å². The van der Waals surface area contributed by atoms with Gasteiger partial charge in [0.15, 0.2) is 5.76 Å². The van der Waals surface area contributed by atoms with Crippen LogP contribution in [0.1, 0.15) is 16.3 Å². The standard InChI is InChI=1S/C9H11F3N2O2S/c10-9(11,12)17-4-3-14-8(15)7-2-1-6(5-13)16-7/h1-2H,3-5,13H2,(H,14,15). The largest absolute Gasteiger partial charge is 0.455 e. The predicted octanol–water partition coefficient (Wildman–Crippen LogP) is 1.72. The van der Waals surface area contributed by atoms with Gasteiger partial charge in [0.1, 0.15) is 5.76 Å². The summed E-state index contributed by atoms with van der Waals surface area (Å²) in [6.07, 6.45) is 0. The third-order valence-electron chi connectivity index (χ3n) is 1.74. The lowest BCUT2D eigenvalue weighted by Gasteiger charge is -2.05. The number of carbonyl (C=O) groups is 1. The van der Waals surface area contributed by atoms with E-state index in [2.05, 4.69) is 5.32 Å². The van der Waals surface area contributed by atoms with Gasteiger partial charge < -0.3 is 15.5 Å². The zero-order valence-corrected chi connectivity index (χ0v) is 9.53. The van der Waals surface area contributed by atoms with Gasteiger partial charge in [0.05, 0.1) is 6.54 Å². The molecular weight excluding hydrogens is 257 g/mol. The Morgan fingerprint density at radius 3 is 2.71 bits per heavy atom. The molecule has 96 valence electrons. The van der Waals surface area contributed by atoms with Crippen molar-refractivity contribution in [1.29, 1.82) is 0 Å². The maximum atomic E-state index is 11.8. The number of alkyl halides is 3. The molecular formula is C9H11F3N2O2S. The number of furan rings is 1. The molecule has 1 aromatic heterocycles. The van der Waals surface area contributed by atoms with Gasteiger partial charge in [-0.2, -0.15) is 13.2 Å². The number of carbonyl (C=O) groups excluding carboxylic acids is 1. The lowest BCUT2D eigenvalue weighted by atomic mass is 10.4. The van der Waals surface area contributed by atoms with Gasteiger partial charge >= 0.3 is 5.51 Å². The molecule has 0 fully saturated rings. The van der Waals surface area contributed by atoms with Crippen LogP contribution in [-0.2, 0) is 6.54 Å². The quantitative estimate of drug-likeness (QED) is 0.798. The van der Waals surface area contributed by atoms with Crippen LogP contribution < -0.4 is 11.1 Å². The van der Waals surface area contributed by atoms with E-state index in [4.69, 9.17) is 10.2 Å². The number of halogens is 3. The maximum absolute atomic E-state index is 11.8. The third kappa shape index (κ3) is 5.14. The van der Waals surface area contributed by atoms with Gasteiger partial charge in [-0.25, -0.2) is 0 Å². The monoisotopic (exact) mass is 268 g/mol. The van der Waals surface area contributed by atoms with Crippen LogP contribution in [0.15, 0.2) is 16.5 Å². The maximum Gasteiger partial charge on any atom is 0.441 e. The summed E-state index contributed by atoms with van der Waals surface area (Å²) in [7, 11) is 0. The topological polar surface area (TPSA) is 68.3 Å². The second-order valence-corrected chi connectivity index (χ2v) is 4.18. The third-order valence-corrected chi connectivity index (χ3v) is 2.48. The first-order chi connectivity index (χ1) is 7.92. The van der Waals surface area contributed by atoms with Gasteiger partial charge in [0.25, 0.3) is 5.91 Å². The number of nitrogens with one attached hydrogen (secondary N) is 1. The van der Waals surface area contributed by atoms with Crippen LogP contribution in [0, 0.1) is 0 Å². The van der Waals surface area contributed by atoms with Crippen LogP contribution in [0.2, 0.25) is 0 Å². The molecule has 3 N–H and O–H groups in total. The van der Waals surface area contributed by atoms with Gasteiger partial charge in [0, 0.05) is 12.3 Å². The predicted molar refractivity (Wildman–Crippen MR) is 57.4 cm³/mol. The lowest BCUT2D eigenvalue weighted by Crippen LogP contribution is -2.26. The second kappa shape index (κ2) is 5.97. The first-order valence-corrected chi connectivity index (χ1v) is 5.68. The Bertz CT molecular complexity index is 379. The number of thioether (sulfide) groups is 1. The van der Waals surface area contributed by atoms with Crippen LogP contribution in [0.4, 0.5) is 13.2 Å². The highest BCUT2D eigenvalue weighted by atomic mass is 32.2. The minimum absolute atomic E-state index is 0.0439. The van der Waals surface area contributed by atoms with E-state index < -0.39 is 11.4 Å². The molecule has 4 nitrogen and oxygen atoms in total. The second-order valence-electron chi connectivity index (χ2n) is 3.02. The summed E-state index contributed by atoms with van der Waals surface area (Å²) in [6.45, 7) is 0.0822. The van der Waals surface area contributed by atoms with Gasteiger partial charge in [-0.3, -0.25) is 4.79 Å². The number of rotatable bonds is 5. The molecule has 0 aliphatic rings. The minimum Gasteiger partial charge on any atom is -0.455 e. The Labute approximate surface area is 99.7 Å². The smallest absolute Gasteiger partial charge is 0.441 e. The van der Waals surface area contributed by atoms with Crippen molar-refractivity contribution < 1.29 is 22.4 Å². The van der Waals surface area contributed by atoms with E-state index >= 15 is 0 Å². The molecule has 0 unspecified atom stereocenters. The number of hydrogen-bond acceptors (Lipinski definition) is 4. The molecule has 1 heterocycles. The van der Waals surface area contributed by atoms with Crippen molar-refractivity contribution >= 4 is 17.7 Å². The molecule has 0 spiro atoms. The van der Waals surface area contributed by atoms with Crippen LogP contribution in [0.3, 0.4) is 0 Å². The van der Waals surface area contributed by atoms with Crippen molar-refractivity contribution in [3.05, 3.63) is 23.7 Å². The van der Waals surface area contributed by atoms with Crippen molar-refractivity contribution in [3.63, 3.8) is 0 Å². The van der Waals surface area contributed by atoms with Gasteiger partial charge in [-0.1, -0.05) is 0 Å². The molecule has 1 aromatic rings. The molecule has 17 heavy (non-hydrogen) atoms. The molecule has 0 aromatic carbocycles. The average molecular weight is 268 g/mol. The first kappa shape index (κ1) is 13.9. The molecule has 0 atom stereocenters. The Balaban J connectivity index is 2.30. The van der Waals surface area contributed by atoms with E-state index in [0.29, 0.717) is 5.76 Å². The lowest BCUT2D eigenvalue weighted by molar-refractivity contribution is -0.0327. The summed E-state index contributed by atoms with van der Waals surface area (Å²) in [5.41, 5.74) is 1.00. The fourth-order valence-corrected chi connectivity index (χ4v) is 1.46. The molecule has 0 saturated heterocycles. The van der Waals surface area contributed by atoms with Gasteiger partial charge in [-0.15, -0.1) is 0 Å². The Morgan fingerprint density at radius 1 is 1.47 bits per heavy atom. The van der Waals surface area contributed by atoms with Crippen molar-refractivity contribution in [2.24, 2.45) is 5.73 Å². The summed E-state index contributed by atoms with van der Waals surface area (Å²) in [4.78, 5) is 11.4.